The number of ether oxygens (including phenoxy) is 1. The van der Waals surface area contributed by atoms with Gasteiger partial charge in [0.25, 0.3) is 5.91 Å². The molecular weight excluding hydrogens is 194 g/mol. The molecule has 0 aromatic heterocycles. The van der Waals surface area contributed by atoms with Gasteiger partial charge in [0.15, 0.2) is 0 Å². The van der Waals surface area contributed by atoms with Gasteiger partial charge in [0.05, 0.1) is 6.61 Å². The maximum atomic E-state index is 11.8. The third-order valence-electron chi connectivity index (χ3n) is 3.36. The molecule has 86 valence electrons. The van der Waals surface area contributed by atoms with Gasteiger partial charge in [-0.15, -0.1) is 0 Å². The molecule has 4 N–H and O–H groups in total. The Balaban J connectivity index is 2.13. The fraction of sp³-hybridized carbons (Fsp3) is 0.900. The molecule has 2 fully saturated rings. The summed E-state index contributed by atoms with van der Waals surface area (Å²) >= 11 is 0. The van der Waals surface area contributed by atoms with Gasteiger partial charge in [0.1, 0.15) is 11.9 Å². The maximum Gasteiger partial charge on any atom is 0.256 e. The summed E-state index contributed by atoms with van der Waals surface area (Å²) in [5.74, 6) is -0.186. The lowest BCUT2D eigenvalue weighted by atomic mass is 9.90. The normalized spacial score (nSPS) is 25.1. The lowest BCUT2D eigenvalue weighted by molar-refractivity contribution is -0.156. The molecule has 1 saturated carbocycles. The number of carbonyl (C=O) groups is 1. The lowest BCUT2D eigenvalue weighted by Crippen LogP contribution is -2.56. The van der Waals surface area contributed by atoms with Crippen molar-refractivity contribution in [3.05, 3.63) is 0 Å². The fourth-order valence-corrected chi connectivity index (χ4v) is 2.62. The van der Waals surface area contributed by atoms with Crippen LogP contribution in [0.15, 0.2) is 0 Å². The molecular formula is C10H19N3O2. The van der Waals surface area contributed by atoms with Crippen LogP contribution < -0.4 is 11.5 Å². The van der Waals surface area contributed by atoms with Crippen molar-refractivity contribution in [3.8, 4) is 0 Å². The Morgan fingerprint density at radius 1 is 1.27 bits per heavy atom. The summed E-state index contributed by atoms with van der Waals surface area (Å²) in [6.07, 6.45) is 4.39. The predicted octanol–water partition coefficient (Wildman–Crippen LogP) is -0.251. The number of hydrogen-bond acceptors (Lipinski definition) is 4. The molecule has 1 amide bonds. The van der Waals surface area contributed by atoms with Crippen LogP contribution in [0.2, 0.25) is 0 Å². The Kier molecular flexibility index (Phi) is 2.95. The second-order valence-corrected chi connectivity index (χ2v) is 4.37. The fourth-order valence-electron chi connectivity index (χ4n) is 2.62. The first-order chi connectivity index (χ1) is 7.16. The van der Waals surface area contributed by atoms with Gasteiger partial charge in [-0.3, -0.25) is 4.79 Å². The SMILES string of the molecule is NC(N)C(=O)N1CCOC12CCCCC2. The zero-order valence-corrected chi connectivity index (χ0v) is 8.95. The van der Waals surface area contributed by atoms with E-state index < -0.39 is 6.17 Å². The topological polar surface area (TPSA) is 81.6 Å². The molecule has 2 rings (SSSR count). The number of amides is 1. The van der Waals surface area contributed by atoms with E-state index >= 15 is 0 Å². The molecule has 0 atom stereocenters. The van der Waals surface area contributed by atoms with E-state index in [4.69, 9.17) is 16.2 Å². The molecule has 1 spiro atoms. The average Bonchev–Trinajstić information content (AvgIpc) is 2.61. The van der Waals surface area contributed by atoms with Crippen molar-refractivity contribution in [2.45, 2.75) is 44.0 Å². The zero-order chi connectivity index (χ0) is 10.9. The van der Waals surface area contributed by atoms with Gasteiger partial charge < -0.3 is 21.1 Å². The van der Waals surface area contributed by atoms with Gasteiger partial charge in [0, 0.05) is 6.54 Å². The molecule has 0 aromatic carbocycles. The summed E-state index contributed by atoms with van der Waals surface area (Å²) in [5.41, 5.74) is 10.5. The summed E-state index contributed by atoms with van der Waals surface area (Å²) in [4.78, 5) is 13.6. The highest BCUT2D eigenvalue weighted by Crippen LogP contribution is 2.37. The van der Waals surface area contributed by atoms with Crippen LogP contribution in [0.5, 0.6) is 0 Å². The predicted molar refractivity (Wildman–Crippen MR) is 55.6 cm³/mol. The van der Waals surface area contributed by atoms with Crippen LogP contribution in [0.1, 0.15) is 32.1 Å². The molecule has 1 aliphatic heterocycles. The molecule has 1 saturated heterocycles. The highest BCUT2D eigenvalue weighted by atomic mass is 16.5. The number of nitrogens with two attached hydrogens (primary N) is 2. The van der Waals surface area contributed by atoms with E-state index in [9.17, 15) is 4.79 Å². The van der Waals surface area contributed by atoms with E-state index in [0.717, 1.165) is 25.7 Å². The highest BCUT2D eigenvalue weighted by Gasteiger charge is 2.46. The monoisotopic (exact) mass is 213 g/mol. The molecule has 1 aliphatic carbocycles. The van der Waals surface area contributed by atoms with Gasteiger partial charge >= 0.3 is 0 Å². The summed E-state index contributed by atoms with van der Waals surface area (Å²) in [6.45, 7) is 1.24. The van der Waals surface area contributed by atoms with Crippen LogP contribution in [0.4, 0.5) is 0 Å². The zero-order valence-electron chi connectivity index (χ0n) is 8.95. The minimum absolute atomic E-state index is 0.186. The number of hydrogen-bond donors (Lipinski definition) is 2. The van der Waals surface area contributed by atoms with Gasteiger partial charge in [-0.25, -0.2) is 0 Å². The van der Waals surface area contributed by atoms with E-state index in [1.54, 1.807) is 4.90 Å². The summed E-state index contributed by atoms with van der Waals surface area (Å²) < 4.78 is 5.76. The smallest absolute Gasteiger partial charge is 0.256 e. The van der Waals surface area contributed by atoms with Gasteiger partial charge in [-0.2, -0.15) is 0 Å². The molecule has 5 nitrogen and oxygen atoms in total. The Morgan fingerprint density at radius 3 is 2.53 bits per heavy atom. The number of rotatable bonds is 1. The van der Waals surface area contributed by atoms with Crippen LogP contribution in [-0.2, 0) is 9.53 Å². The van der Waals surface area contributed by atoms with Crippen LogP contribution in [0, 0.1) is 0 Å². The van der Waals surface area contributed by atoms with Crippen LogP contribution in [0.3, 0.4) is 0 Å². The molecule has 2 aliphatic rings. The minimum atomic E-state index is -0.912. The second-order valence-electron chi connectivity index (χ2n) is 4.37. The van der Waals surface area contributed by atoms with Crippen molar-refractivity contribution in [3.63, 3.8) is 0 Å². The standard InChI is InChI=1S/C10H19N3O2/c11-8(12)9(14)13-6-7-15-10(13)4-2-1-3-5-10/h8H,1-7,11-12H2. The Hall–Kier alpha value is -0.650. The Bertz CT molecular complexity index is 249. The van der Waals surface area contributed by atoms with Gasteiger partial charge in [0.2, 0.25) is 0 Å². The Labute approximate surface area is 89.7 Å². The summed E-state index contributed by atoms with van der Waals surface area (Å²) in [7, 11) is 0. The summed E-state index contributed by atoms with van der Waals surface area (Å²) in [6, 6.07) is 0. The first kappa shape index (κ1) is 10.9. The highest BCUT2D eigenvalue weighted by molar-refractivity contribution is 5.81. The van der Waals surface area contributed by atoms with E-state index in [0.29, 0.717) is 13.2 Å². The van der Waals surface area contributed by atoms with E-state index in [1.165, 1.54) is 6.42 Å². The van der Waals surface area contributed by atoms with E-state index in [-0.39, 0.29) is 11.6 Å². The molecule has 0 bridgehead atoms. The van der Waals surface area contributed by atoms with Crippen LogP contribution in [0.25, 0.3) is 0 Å². The van der Waals surface area contributed by atoms with Crippen molar-refractivity contribution in [1.29, 1.82) is 0 Å². The lowest BCUT2D eigenvalue weighted by Gasteiger charge is -2.40. The first-order valence-corrected chi connectivity index (χ1v) is 5.62. The average molecular weight is 213 g/mol. The molecule has 15 heavy (non-hydrogen) atoms. The Morgan fingerprint density at radius 2 is 1.93 bits per heavy atom. The van der Waals surface area contributed by atoms with Crippen LogP contribution in [-0.4, -0.2) is 35.8 Å². The third kappa shape index (κ3) is 1.87. The van der Waals surface area contributed by atoms with E-state index in [1.807, 2.05) is 0 Å². The molecule has 0 radical (unpaired) electrons. The minimum Gasteiger partial charge on any atom is -0.354 e. The molecule has 1 heterocycles. The second kappa shape index (κ2) is 4.08. The number of nitrogens with zero attached hydrogens (tertiary/aromatic N) is 1. The van der Waals surface area contributed by atoms with Gasteiger partial charge in [-0.1, -0.05) is 6.42 Å². The van der Waals surface area contributed by atoms with Crippen molar-refractivity contribution in [2.24, 2.45) is 11.5 Å². The molecule has 0 unspecified atom stereocenters. The largest absolute Gasteiger partial charge is 0.354 e. The maximum absolute atomic E-state index is 11.8. The first-order valence-electron chi connectivity index (χ1n) is 5.62. The third-order valence-corrected chi connectivity index (χ3v) is 3.36. The number of carbonyl (C=O) groups excluding carboxylic acids is 1. The van der Waals surface area contributed by atoms with Crippen molar-refractivity contribution < 1.29 is 9.53 Å². The van der Waals surface area contributed by atoms with Crippen molar-refractivity contribution in [2.75, 3.05) is 13.2 Å². The van der Waals surface area contributed by atoms with Crippen molar-refractivity contribution >= 4 is 5.91 Å². The quantitative estimate of drug-likeness (QED) is 0.588. The van der Waals surface area contributed by atoms with Gasteiger partial charge in [-0.05, 0) is 25.7 Å². The molecule has 5 heteroatoms. The van der Waals surface area contributed by atoms with Crippen molar-refractivity contribution in [1.82, 2.24) is 4.90 Å². The molecule has 0 aromatic rings. The van der Waals surface area contributed by atoms with E-state index in [2.05, 4.69) is 0 Å². The van der Waals surface area contributed by atoms with Crippen LogP contribution >= 0.6 is 0 Å². The summed E-state index contributed by atoms with van der Waals surface area (Å²) in [5, 5.41) is 0.